The summed E-state index contributed by atoms with van der Waals surface area (Å²) in [6.45, 7) is 5.78. The highest BCUT2D eigenvalue weighted by molar-refractivity contribution is 6.31. The van der Waals surface area contributed by atoms with E-state index in [1.54, 1.807) is 42.5 Å². The van der Waals surface area contributed by atoms with Gasteiger partial charge < -0.3 is 14.8 Å². The number of hydrogen-bond acceptors (Lipinski definition) is 6. The number of fused-ring (bicyclic) bond motifs is 2. The van der Waals surface area contributed by atoms with Crippen LogP contribution in [-0.2, 0) is 16.1 Å². The number of benzene rings is 3. The molecule has 0 bridgehead atoms. The zero-order chi connectivity index (χ0) is 26.9. The lowest BCUT2D eigenvalue weighted by molar-refractivity contribution is -0.128. The zero-order valence-corrected chi connectivity index (χ0v) is 22.1. The fourth-order valence-corrected chi connectivity index (χ4v) is 4.53. The van der Waals surface area contributed by atoms with Gasteiger partial charge in [0.15, 0.2) is 11.5 Å². The molecule has 0 spiro atoms. The first-order valence-electron chi connectivity index (χ1n) is 12.3. The second kappa shape index (κ2) is 10.3. The molecule has 3 aromatic carbocycles. The van der Waals surface area contributed by atoms with E-state index < -0.39 is 11.6 Å². The van der Waals surface area contributed by atoms with Crippen LogP contribution in [0.3, 0.4) is 0 Å². The molecule has 2 heterocycles. The van der Waals surface area contributed by atoms with Gasteiger partial charge in [-0.1, -0.05) is 54.1 Å². The van der Waals surface area contributed by atoms with Crippen molar-refractivity contribution in [2.24, 2.45) is 0 Å². The highest BCUT2D eigenvalue weighted by Gasteiger charge is 2.37. The summed E-state index contributed by atoms with van der Waals surface area (Å²) in [6, 6.07) is 18.5. The Balaban J connectivity index is 1.63. The Morgan fingerprint density at radius 3 is 2.61 bits per heavy atom. The van der Waals surface area contributed by atoms with Crippen molar-refractivity contribution >= 4 is 40.1 Å². The Morgan fingerprint density at radius 1 is 1.08 bits per heavy atom. The number of anilines is 1. The third kappa shape index (κ3) is 5.02. The molecule has 38 heavy (non-hydrogen) atoms. The van der Waals surface area contributed by atoms with E-state index >= 15 is 0 Å². The number of ether oxygens (including phenoxy) is 2. The second-order valence-corrected chi connectivity index (χ2v) is 10.1. The predicted molar refractivity (Wildman–Crippen MR) is 144 cm³/mol. The Kier molecular flexibility index (Phi) is 6.94. The van der Waals surface area contributed by atoms with Crippen LogP contribution in [0.15, 0.2) is 66.7 Å². The molecule has 1 aliphatic heterocycles. The molecule has 0 saturated heterocycles. The number of rotatable bonds is 8. The molecule has 1 atom stereocenters. The van der Waals surface area contributed by atoms with Crippen LogP contribution in [0, 0.1) is 0 Å². The van der Waals surface area contributed by atoms with Crippen LogP contribution in [0.25, 0.3) is 11.0 Å². The molecular formula is C28H28ClN5O4. The third-order valence-corrected chi connectivity index (χ3v) is 7.00. The molecular weight excluding hydrogens is 506 g/mol. The molecule has 1 aliphatic rings. The van der Waals surface area contributed by atoms with Crippen molar-refractivity contribution in [1.82, 2.24) is 20.3 Å². The number of carbonyl (C=O) groups excluding carboxylic acids is 2. The molecule has 2 amide bonds. The molecule has 1 aromatic heterocycles. The van der Waals surface area contributed by atoms with Crippen molar-refractivity contribution in [1.29, 1.82) is 0 Å². The van der Waals surface area contributed by atoms with Crippen LogP contribution in [0.2, 0.25) is 5.02 Å². The third-order valence-electron chi connectivity index (χ3n) is 6.66. The van der Waals surface area contributed by atoms with Crippen molar-refractivity contribution in [3.8, 4) is 11.5 Å². The number of nitrogens with zero attached hydrogens (tertiary/aromatic N) is 4. The van der Waals surface area contributed by atoms with Gasteiger partial charge in [-0.3, -0.25) is 14.5 Å². The van der Waals surface area contributed by atoms with E-state index in [0.717, 1.165) is 0 Å². The van der Waals surface area contributed by atoms with E-state index in [2.05, 4.69) is 15.6 Å². The highest BCUT2D eigenvalue weighted by atomic mass is 35.5. The summed E-state index contributed by atoms with van der Waals surface area (Å²) in [5.41, 5.74) is 1.81. The summed E-state index contributed by atoms with van der Waals surface area (Å²) in [7, 11) is 0. The largest absolute Gasteiger partial charge is 0.454 e. The van der Waals surface area contributed by atoms with Crippen LogP contribution in [0.1, 0.15) is 38.8 Å². The number of carbonyl (C=O) groups is 2. The van der Waals surface area contributed by atoms with Gasteiger partial charge in [-0.05, 0) is 50.6 Å². The molecule has 0 radical (unpaired) electrons. The quantitative estimate of drug-likeness (QED) is 0.346. The van der Waals surface area contributed by atoms with Crippen molar-refractivity contribution in [3.63, 3.8) is 0 Å². The average molecular weight is 534 g/mol. The van der Waals surface area contributed by atoms with Crippen molar-refractivity contribution in [2.75, 3.05) is 11.7 Å². The van der Waals surface area contributed by atoms with E-state index in [9.17, 15) is 9.59 Å². The van der Waals surface area contributed by atoms with Gasteiger partial charge in [-0.15, -0.1) is 5.10 Å². The lowest BCUT2D eigenvalue weighted by Crippen LogP contribution is -2.51. The van der Waals surface area contributed by atoms with E-state index in [1.165, 1.54) is 9.58 Å². The maximum atomic E-state index is 14.2. The zero-order valence-electron chi connectivity index (χ0n) is 21.3. The molecule has 196 valence electrons. The first-order valence-corrected chi connectivity index (χ1v) is 12.7. The van der Waals surface area contributed by atoms with Gasteiger partial charge in [0.1, 0.15) is 18.1 Å². The minimum atomic E-state index is -1.07. The van der Waals surface area contributed by atoms with Gasteiger partial charge in [0.25, 0.3) is 0 Å². The second-order valence-electron chi connectivity index (χ2n) is 9.69. The Bertz CT molecular complexity index is 1500. The first-order chi connectivity index (χ1) is 18.3. The van der Waals surface area contributed by atoms with Crippen LogP contribution >= 0.6 is 11.6 Å². The summed E-state index contributed by atoms with van der Waals surface area (Å²) in [6.07, 6.45) is 0.691. The lowest BCUT2D eigenvalue weighted by Gasteiger charge is -2.35. The van der Waals surface area contributed by atoms with E-state index in [1.807, 2.05) is 45.0 Å². The average Bonchev–Trinajstić information content (AvgIpc) is 3.54. The molecule has 10 heteroatoms. The summed E-state index contributed by atoms with van der Waals surface area (Å²) in [4.78, 5) is 29.6. The Hall–Kier alpha value is -4.11. The highest BCUT2D eigenvalue weighted by Crippen LogP contribution is 2.39. The SMILES string of the molecule is CCC(C)(C)NC(=O)[C@@H](c1ccccc1Cl)N(C(=O)Cn1nnc2ccccc21)c1ccc2c(c1)OCO2. The minimum Gasteiger partial charge on any atom is -0.454 e. The van der Waals surface area contributed by atoms with Crippen molar-refractivity contribution < 1.29 is 19.1 Å². The summed E-state index contributed by atoms with van der Waals surface area (Å²) in [5, 5.41) is 11.8. The topological polar surface area (TPSA) is 98.6 Å². The van der Waals surface area contributed by atoms with E-state index in [-0.39, 0.29) is 25.2 Å². The van der Waals surface area contributed by atoms with Crippen LogP contribution in [0.5, 0.6) is 11.5 Å². The molecule has 1 N–H and O–H groups in total. The van der Waals surface area contributed by atoms with Gasteiger partial charge in [0.2, 0.25) is 18.6 Å². The molecule has 0 saturated carbocycles. The van der Waals surface area contributed by atoms with Gasteiger partial charge >= 0.3 is 0 Å². The first kappa shape index (κ1) is 25.5. The van der Waals surface area contributed by atoms with Gasteiger partial charge in [0, 0.05) is 27.9 Å². The lowest BCUT2D eigenvalue weighted by atomic mass is 9.98. The number of aromatic nitrogens is 3. The maximum Gasteiger partial charge on any atom is 0.249 e. The summed E-state index contributed by atoms with van der Waals surface area (Å²) in [5.74, 6) is 0.307. The summed E-state index contributed by atoms with van der Waals surface area (Å²) >= 11 is 6.63. The molecule has 0 aliphatic carbocycles. The van der Waals surface area contributed by atoms with E-state index in [0.29, 0.717) is 45.2 Å². The fourth-order valence-electron chi connectivity index (χ4n) is 4.30. The van der Waals surface area contributed by atoms with Crippen LogP contribution < -0.4 is 19.7 Å². The maximum absolute atomic E-state index is 14.2. The summed E-state index contributed by atoms with van der Waals surface area (Å²) < 4.78 is 12.6. The Morgan fingerprint density at radius 2 is 1.82 bits per heavy atom. The Labute approximate surface area is 225 Å². The fraction of sp³-hybridized carbons (Fsp3) is 0.286. The van der Waals surface area contributed by atoms with Gasteiger partial charge in [-0.2, -0.15) is 0 Å². The number of para-hydroxylation sites is 1. The van der Waals surface area contributed by atoms with Gasteiger partial charge in [-0.25, -0.2) is 4.68 Å². The van der Waals surface area contributed by atoms with Crippen molar-refractivity contribution in [3.05, 3.63) is 77.3 Å². The minimum absolute atomic E-state index is 0.0802. The van der Waals surface area contributed by atoms with Crippen LogP contribution in [-0.4, -0.2) is 39.1 Å². The number of amides is 2. The van der Waals surface area contributed by atoms with Crippen LogP contribution in [0.4, 0.5) is 5.69 Å². The normalized spacial score (nSPS) is 13.4. The molecule has 9 nitrogen and oxygen atoms in total. The number of nitrogens with one attached hydrogen (secondary N) is 1. The predicted octanol–water partition coefficient (Wildman–Crippen LogP) is 4.89. The molecule has 4 aromatic rings. The van der Waals surface area contributed by atoms with Gasteiger partial charge in [0.05, 0.1) is 5.52 Å². The molecule has 5 rings (SSSR count). The number of hydrogen-bond donors (Lipinski definition) is 1. The molecule has 0 fully saturated rings. The monoisotopic (exact) mass is 533 g/mol. The number of halogens is 1. The van der Waals surface area contributed by atoms with E-state index in [4.69, 9.17) is 21.1 Å². The molecule has 0 unspecified atom stereocenters. The van der Waals surface area contributed by atoms with Crippen molar-refractivity contribution in [2.45, 2.75) is 45.3 Å². The standard InChI is InChI=1S/C28H28ClN5O4/c1-4-28(2,3)30-27(36)26(19-9-5-6-10-20(19)29)34(18-13-14-23-24(15-18)38-17-37-23)25(35)16-33-22-12-8-7-11-21(22)31-32-33/h5-15,26H,4,16-17H2,1-3H3,(H,30,36)/t26-/m1/s1. The smallest absolute Gasteiger partial charge is 0.249 e.